The van der Waals surface area contributed by atoms with Crippen LogP contribution < -0.4 is 5.32 Å². The van der Waals surface area contributed by atoms with Crippen LogP contribution in [0.1, 0.15) is 44.9 Å². The fraction of sp³-hybridized carbons (Fsp3) is 1.00. The molecule has 4 rings (SSSR count). The number of halogens is 3. The van der Waals surface area contributed by atoms with Crippen LogP contribution in [0.5, 0.6) is 0 Å². The molecule has 4 aliphatic carbocycles. The zero-order chi connectivity index (χ0) is 12.1. The van der Waals surface area contributed by atoms with Gasteiger partial charge < -0.3 is 5.32 Å². The molecule has 4 fully saturated rings. The molecule has 4 heteroatoms. The van der Waals surface area contributed by atoms with Crippen LogP contribution >= 0.6 is 0 Å². The molecular formula is C13H20F3N. The quantitative estimate of drug-likeness (QED) is 0.805. The average molecular weight is 247 g/mol. The van der Waals surface area contributed by atoms with E-state index in [4.69, 9.17) is 0 Å². The van der Waals surface area contributed by atoms with E-state index in [1.54, 1.807) is 0 Å². The van der Waals surface area contributed by atoms with Crippen LogP contribution in [0.4, 0.5) is 13.2 Å². The summed E-state index contributed by atoms with van der Waals surface area (Å²) in [4.78, 5) is 0. The molecule has 0 aliphatic heterocycles. The van der Waals surface area contributed by atoms with Crippen LogP contribution in [0, 0.1) is 17.8 Å². The van der Waals surface area contributed by atoms with Crippen LogP contribution in [0.15, 0.2) is 0 Å². The van der Waals surface area contributed by atoms with E-state index in [9.17, 15) is 13.2 Å². The molecule has 4 aliphatic rings. The molecule has 0 aromatic heterocycles. The highest BCUT2D eigenvalue weighted by molar-refractivity contribution is 5.06. The lowest BCUT2D eigenvalue weighted by atomic mass is 9.53. The molecule has 1 N–H and O–H groups in total. The molecule has 0 aromatic rings. The zero-order valence-electron chi connectivity index (χ0n) is 10.0. The van der Waals surface area contributed by atoms with Crippen molar-refractivity contribution < 1.29 is 13.2 Å². The van der Waals surface area contributed by atoms with Crippen molar-refractivity contribution in [2.75, 3.05) is 6.54 Å². The Labute approximate surface area is 100 Å². The van der Waals surface area contributed by atoms with Crippen molar-refractivity contribution in [1.29, 1.82) is 0 Å². The molecule has 0 spiro atoms. The maximum atomic E-state index is 12.2. The summed E-state index contributed by atoms with van der Waals surface area (Å²) in [6, 6.07) is 0. The van der Waals surface area contributed by atoms with Gasteiger partial charge in [-0.15, -0.1) is 0 Å². The predicted molar refractivity (Wildman–Crippen MR) is 59.6 cm³/mol. The lowest BCUT2D eigenvalue weighted by Gasteiger charge is -2.57. The minimum atomic E-state index is -4.02. The Morgan fingerprint density at radius 1 is 0.941 bits per heavy atom. The van der Waals surface area contributed by atoms with E-state index in [2.05, 4.69) is 5.32 Å². The normalized spacial score (nSPS) is 44.3. The van der Waals surface area contributed by atoms with E-state index in [0.29, 0.717) is 0 Å². The first-order chi connectivity index (χ1) is 7.94. The van der Waals surface area contributed by atoms with Crippen molar-refractivity contribution in [2.45, 2.75) is 56.7 Å². The molecular weight excluding hydrogens is 227 g/mol. The minimum Gasteiger partial charge on any atom is -0.311 e. The first-order valence-corrected chi connectivity index (χ1v) is 6.76. The molecule has 0 aromatic carbocycles. The molecule has 1 nitrogen and oxygen atoms in total. The molecule has 0 saturated heterocycles. The molecule has 4 bridgehead atoms. The van der Waals surface area contributed by atoms with Gasteiger partial charge in [-0.25, -0.2) is 0 Å². The molecule has 0 radical (unpaired) electrons. The fourth-order valence-corrected chi connectivity index (χ4v) is 4.80. The Bertz CT molecular complexity index is 262. The van der Waals surface area contributed by atoms with Crippen LogP contribution in [-0.4, -0.2) is 18.3 Å². The molecule has 0 heterocycles. The first-order valence-electron chi connectivity index (χ1n) is 6.76. The van der Waals surface area contributed by atoms with Gasteiger partial charge >= 0.3 is 6.18 Å². The summed E-state index contributed by atoms with van der Waals surface area (Å²) >= 11 is 0. The van der Waals surface area contributed by atoms with Gasteiger partial charge in [0.25, 0.3) is 0 Å². The zero-order valence-corrected chi connectivity index (χ0v) is 10.0. The van der Waals surface area contributed by atoms with Crippen molar-refractivity contribution in [3.8, 4) is 0 Å². The molecule has 17 heavy (non-hydrogen) atoms. The van der Waals surface area contributed by atoms with E-state index in [0.717, 1.165) is 37.0 Å². The Morgan fingerprint density at radius 2 is 1.41 bits per heavy atom. The van der Waals surface area contributed by atoms with Crippen molar-refractivity contribution >= 4 is 0 Å². The van der Waals surface area contributed by atoms with Gasteiger partial charge in [0.1, 0.15) is 0 Å². The predicted octanol–water partition coefficient (Wildman–Crippen LogP) is 3.50. The van der Waals surface area contributed by atoms with Gasteiger partial charge in [-0.1, -0.05) is 0 Å². The Hall–Kier alpha value is -0.250. The van der Waals surface area contributed by atoms with E-state index in [1.165, 1.54) is 19.3 Å². The standard InChI is InChI=1S/C13H20F3N/c14-13(15,16)1-2-17-12-6-9-3-10(7-12)5-11(4-9)8-12/h9-11,17H,1-8H2. The third kappa shape index (κ3) is 2.47. The van der Waals surface area contributed by atoms with Gasteiger partial charge in [0.05, 0.1) is 6.42 Å². The van der Waals surface area contributed by atoms with Gasteiger partial charge in [0.15, 0.2) is 0 Å². The molecule has 0 amide bonds. The van der Waals surface area contributed by atoms with Gasteiger partial charge in [0.2, 0.25) is 0 Å². The molecule has 98 valence electrons. The third-order valence-electron chi connectivity index (χ3n) is 4.95. The minimum absolute atomic E-state index is 0.0694. The summed E-state index contributed by atoms with van der Waals surface area (Å²) in [5.41, 5.74) is 0.0694. The van der Waals surface area contributed by atoms with Gasteiger partial charge in [-0.05, 0) is 56.3 Å². The number of rotatable bonds is 3. The first kappa shape index (κ1) is 11.8. The van der Waals surface area contributed by atoms with Gasteiger partial charge in [-0.3, -0.25) is 0 Å². The summed E-state index contributed by atoms with van der Waals surface area (Å²) < 4.78 is 36.5. The lowest BCUT2D eigenvalue weighted by molar-refractivity contribution is -0.135. The number of hydrogen-bond acceptors (Lipinski definition) is 1. The Kier molecular flexibility index (Phi) is 2.69. The van der Waals surface area contributed by atoms with Crippen LogP contribution in [0.25, 0.3) is 0 Å². The summed E-state index contributed by atoms with van der Waals surface area (Å²) in [7, 11) is 0. The van der Waals surface area contributed by atoms with E-state index in [-0.39, 0.29) is 12.1 Å². The maximum absolute atomic E-state index is 12.2. The lowest BCUT2D eigenvalue weighted by Crippen LogP contribution is -2.58. The Balaban J connectivity index is 1.59. The van der Waals surface area contributed by atoms with Crippen molar-refractivity contribution in [3.05, 3.63) is 0 Å². The maximum Gasteiger partial charge on any atom is 0.390 e. The number of alkyl halides is 3. The fourth-order valence-electron chi connectivity index (χ4n) is 4.80. The van der Waals surface area contributed by atoms with E-state index in [1.807, 2.05) is 0 Å². The highest BCUT2D eigenvalue weighted by atomic mass is 19.4. The second-order valence-electron chi connectivity index (χ2n) is 6.49. The molecule has 0 unspecified atom stereocenters. The average Bonchev–Trinajstić information content (AvgIpc) is 2.11. The number of nitrogens with one attached hydrogen (secondary N) is 1. The molecule has 4 saturated carbocycles. The monoisotopic (exact) mass is 247 g/mol. The summed E-state index contributed by atoms with van der Waals surface area (Å²) in [5, 5.41) is 3.26. The van der Waals surface area contributed by atoms with Crippen molar-refractivity contribution in [2.24, 2.45) is 17.8 Å². The SMILES string of the molecule is FC(F)(F)CCNC12CC3CC(CC(C3)C1)C2. The smallest absolute Gasteiger partial charge is 0.311 e. The summed E-state index contributed by atoms with van der Waals surface area (Å²) in [6.07, 6.45) is 2.66. The van der Waals surface area contributed by atoms with Crippen LogP contribution in [-0.2, 0) is 0 Å². The van der Waals surface area contributed by atoms with Gasteiger partial charge in [0, 0.05) is 12.1 Å². The summed E-state index contributed by atoms with van der Waals surface area (Å²) in [5.74, 6) is 2.37. The van der Waals surface area contributed by atoms with E-state index < -0.39 is 12.6 Å². The second kappa shape index (κ2) is 3.87. The highest BCUT2D eigenvalue weighted by Gasteiger charge is 2.50. The van der Waals surface area contributed by atoms with Crippen molar-refractivity contribution in [3.63, 3.8) is 0 Å². The summed E-state index contributed by atoms with van der Waals surface area (Å²) in [6.45, 7) is 0.107. The van der Waals surface area contributed by atoms with Crippen molar-refractivity contribution in [1.82, 2.24) is 5.32 Å². The Morgan fingerprint density at radius 3 is 1.82 bits per heavy atom. The third-order valence-corrected chi connectivity index (χ3v) is 4.95. The largest absolute Gasteiger partial charge is 0.390 e. The highest BCUT2D eigenvalue weighted by Crippen LogP contribution is 2.55. The van der Waals surface area contributed by atoms with Crippen LogP contribution in [0.2, 0.25) is 0 Å². The number of hydrogen-bond donors (Lipinski definition) is 1. The second-order valence-corrected chi connectivity index (χ2v) is 6.49. The van der Waals surface area contributed by atoms with Gasteiger partial charge in [-0.2, -0.15) is 13.2 Å². The topological polar surface area (TPSA) is 12.0 Å². The van der Waals surface area contributed by atoms with E-state index >= 15 is 0 Å². The van der Waals surface area contributed by atoms with Crippen LogP contribution in [0.3, 0.4) is 0 Å². The molecule has 0 atom stereocenters.